The molecule has 7 rings (SSSR count). The molecular formula is C32H39N7O4. The van der Waals surface area contributed by atoms with Crippen LogP contribution in [0.15, 0.2) is 42.9 Å². The molecule has 3 aromatic heterocycles. The van der Waals surface area contributed by atoms with E-state index in [0.29, 0.717) is 24.7 Å². The second-order valence-corrected chi connectivity index (χ2v) is 13.1. The number of benzene rings is 1. The van der Waals surface area contributed by atoms with Gasteiger partial charge < -0.3 is 19.1 Å². The number of amides is 1. The molecular weight excluding hydrogens is 546 g/mol. The number of ether oxygens (including phenoxy) is 3. The molecule has 0 bridgehead atoms. The zero-order valence-electron chi connectivity index (χ0n) is 25.3. The zero-order chi connectivity index (χ0) is 29.8. The first-order chi connectivity index (χ1) is 20.7. The summed E-state index contributed by atoms with van der Waals surface area (Å²) in [7, 11) is 1.94. The molecule has 1 unspecified atom stereocenters. The number of nitrogens with zero attached hydrogens (tertiary/aromatic N) is 7. The van der Waals surface area contributed by atoms with Gasteiger partial charge >= 0.3 is 6.09 Å². The van der Waals surface area contributed by atoms with E-state index in [4.69, 9.17) is 24.3 Å². The molecule has 1 aliphatic carbocycles. The fourth-order valence-electron chi connectivity index (χ4n) is 6.34. The Hall–Kier alpha value is -3.99. The minimum Gasteiger partial charge on any atom is -0.471 e. The Labute approximate surface area is 251 Å². The molecule has 226 valence electrons. The summed E-state index contributed by atoms with van der Waals surface area (Å²) in [4.78, 5) is 24.1. The number of fused-ring (bicyclic) bond motifs is 1. The van der Waals surface area contributed by atoms with E-state index in [1.165, 1.54) is 0 Å². The molecule has 2 aliphatic heterocycles. The normalized spacial score (nSPS) is 21.7. The van der Waals surface area contributed by atoms with E-state index in [-0.39, 0.29) is 23.8 Å². The van der Waals surface area contributed by atoms with Crippen LogP contribution in [0.4, 0.5) is 4.79 Å². The van der Waals surface area contributed by atoms with E-state index < -0.39 is 5.60 Å². The van der Waals surface area contributed by atoms with Crippen molar-refractivity contribution in [3.05, 3.63) is 42.9 Å². The summed E-state index contributed by atoms with van der Waals surface area (Å²) in [6.45, 7) is 7.52. The van der Waals surface area contributed by atoms with E-state index in [9.17, 15) is 4.79 Å². The first kappa shape index (κ1) is 27.8. The van der Waals surface area contributed by atoms with Gasteiger partial charge in [-0.3, -0.25) is 9.67 Å². The minimum absolute atomic E-state index is 0.0702. The van der Waals surface area contributed by atoms with Crippen molar-refractivity contribution in [1.82, 2.24) is 34.4 Å². The van der Waals surface area contributed by atoms with Gasteiger partial charge in [-0.15, -0.1) is 0 Å². The van der Waals surface area contributed by atoms with Crippen LogP contribution >= 0.6 is 0 Å². The van der Waals surface area contributed by atoms with Crippen LogP contribution in [0.2, 0.25) is 0 Å². The Kier molecular flexibility index (Phi) is 6.87. The van der Waals surface area contributed by atoms with Crippen molar-refractivity contribution in [2.45, 2.75) is 77.2 Å². The first-order valence-corrected chi connectivity index (χ1v) is 15.3. The molecule has 5 heterocycles. The summed E-state index contributed by atoms with van der Waals surface area (Å²) in [6, 6.07) is 8.35. The minimum atomic E-state index is -0.548. The maximum atomic E-state index is 12.9. The Morgan fingerprint density at radius 3 is 2.70 bits per heavy atom. The van der Waals surface area contributed by atoms with Crippen LogP contribution in [-0.2, 0) is 16.5 Å². The van der Waals surface area contributed by atoms with Crippen molar-refractivity contribution in [2.75, 3.05) is 19.7 Å². The molecule has 0 radical (unpaired) electrons. The molecule has 2 saturated heterocycles. The van der Waals surface area contributed by atoms with Crippen LogP contribution < -0.4 is 4.74 Å². The standard InChI is InChI=1S/C32H39N7O4/c1-31(2,3)43-30(40)38-15-13-32(11-12-32)26(20-38)42-27-19-33-18-23(35-27)29-22-17-21(24-10-14-34-37(24)4)8-9-25(22)39(36-29)28-7-5-6-16-41-28/h8-10,14,17-19,26,28H,5-7,11-13,15-16,20H2,1-4H3/t26-,28?/m0/s1. The lowest BCUT2D eigenvalue weighted by atomic mass is 9.90. The van der Waals surface area contributed by atoms with E-state index in [1.54, 1.807) is 23.5 Å². The topological polar surface area (TPSA) is 109 Å². The number of aromatic nitrogens is 6. The summed E-state index contributed by atoms with van der Waals surface area (Å²) in [5.74, 6) is 0.430. The fraction of sp³-hybridized carbons (Fsp3) is 0.531. The summed E-state index contributed by atoms with van der Waals surface area (Å²) in [5.41, 5.74) is 3.92. The number of hydrogen-bond acceptors (Lipinski definition) is 8. The third-order valence-electron chi connectivity index (χ3n) is 8.86. The van der Waals surface area contributed by atoms with Gasteiger partial charge in [-0.05, 0) is 77.5 Å². The third-order valence-corrected chi connectivity index (χ3v) is 8.86. The lowest BCUT2D eigenvalue weighted by Gasteiger charge is -2.39. The monoisotopic (exact) mass is 585 g/mol. The van der Waals surface area contributed by atoms with Gasteiger partial charge in [0.15, 0.2) is 6.23 Å². The van der Waals surface area contributed by atoms with E-state index in [1.807, 2.05) is 43.2 Å². The van der Waals surface area contributed by atoms with E-state index in [0.717, 1.165) is 73.0 Å². The van der Waals surface area contributed by atoms with Crippen molar-refractivity contribution in [1.29, 1.82) is 0 Å². The fourth-order valence-corrected chi connectivity index (χ4v) is 6.34. The van der Waals surface area contributed by atoms with Gasteiger partial charge in [0.25, 0.3) is 0 Å². The highest BCUT2D eigenvalue weighted by Crippen LogP contribution is 2.55. The van der Waals surface area contributed by atoms with Gasteiger partial charge in [0.05, 0.1) is 30.1 Å². The number of carbonyl (C=O) groups is 1. The van der Waals surface area contributed by atoms with Gasteiger partial charge in [0, 0.05) is 42.8 Å². The molecule has 11 heteroatoms. The lowest BCUT2D eigenvalue weighted by molar-refractivity contribution is -0.0365. The summed E-state index contributed by atoms with van der Waals surface area (Å²) in [6.07, 6.45) is 10.7. The molecule has 2 atom stereocenters. The maximum absolute atomic E-state index is 12.9. The number of rotatable bonds is 5. The van der Waals surface area contributed by atoms with E-state index >= 15 is 0 Å². The predicted octanol–water partition coefficient (Wildman–Crippen LogP) is 5.76. The summed E-state index contributed by atoms with van der Waals surface area (Å²) in [5, 5.41) is 10.4. The van der Waals surface area contributed by atoms with Crippen molar-refractivity contribution < 1.29 is 19.0 Å². The van der Waals surface area contributed by atoms with E-state index in [2.05, 4.69) is 28.3 Å². The van der Waals surface area contributed by atoms with Crippen LogP contribution in [0.25, 0.3) is 33.5 Å². The number of hydrogen-bond donors (Lipinski definition) is 0. The number of carbonyl (C=O) groups excluding carboxylic acids is 1. The molecule has 1 aromatic carbocycles. The van der Waals surface area contributed by atoms with Gasteiger partial charge in [0.2, 0.25) is 5.88 Å². The molecule has 11 nitrogen and oxygen atoms in total. The molecule has 1 spiro atoms. The molecule has 43 heavy (non-hydrogen) atoms. The Morgan fingerprint density at radius 1 is 1.12 bits per heavy atom. The van der Waals surface area contributed by atoms with Gasteiger partial charge in [0.1, 0.15) is 23.1 Å². The Balaban J connectivity index is 1.22. The quantitative estimate of drug-likeness (QED) is 0.291. The number of aryl methyl sites for hydroxylation is 1. The van der Waals surface area contributed by atoms with Crippen LogP contribution in [0, 0.1) is 5.41 Å². The zero-order valence-corrected chi connectivity index (χ0v) is 25.3. The average molecular weight is 586 g/mol. The Bertz CT molecular complexity index is 1640. The molecule has 3 fully saturated rings. The second-order valence-electron chi connectivity index (χ2n) is 13.1. The van der Waals surface area contributed by atoms with Crippen LogP contribution in [-0.4, -0.2) is 71.9 Å². The van der Waals surface area contributed by atoms with Gasteiger partial charge in [-0.1, -0.05) is 6.07 Å². The molecule has 1 amide bonds. The van der Waals surface area contributed by atoms with Gasteiger partial charge in [-0.25, -0.2) is 14.5 Å². The largest absolute Gasteiger partial charge is 0.471 e. The summed E-state index contributed by atoms with van der Waals surface area (Å²) < 4.78 is 22.2. The Morgan fingerprint density at radius 2 is 1.98 bits per heavy atom. The second kappa shape index (κ2) is 10.6. The third kappa shape index (κ3) is 5.46. The van der Waals surface area contributed by atoms with Gasteiger partial charge in [-0.2, -0.15) is 10.2 Å². The average Bonchev–Trinajstić information content (AvgIpc) is 3.46. The van der Waals surface area contributed by atoms with Crippen LogP contribution in [0.5, 0.6) is 5.88 Å². The highest BCUT2D eigenvalue weighted by atomic mass is 16.6. The number of likely N-dealkylation sites (tertiary alicyclic amines) is 1. The first-order valence-electron chi connectivity index (χ1n) is 15.3. The highest BCUT2D eigenvalue weighted by molar-refractivity contribution is 5.95. The van der Waals surface area contributed by atoms with Crippen LogP contribution in [0.3, 0.4) is 0 Å². The molecule has 3 aliphatic rings. The molecule has 4 aromatic rings. The predicted molar refractivity (Wildman–Crippen MR) is 160 cm³/mol. The smallest absolute Gasteiger partial charge is 0.410 e. The maximum Gasteiger partial charge on any atom is 0.410 e. The highest BCUT2D eigenvalue weighted by Gasteiger charge is 2.54. The van der Waals surface area contributed by atoms with Crippen molar-refractivity contribution in [3.8, 4) is 28.5 Å². The van der Waals surface area contributed by atoms with Crippen molar-refractivity contribution in [2.24, 2.45) is 12.5 Å². The van der Waals surface area contributed by atoms with Crippen molar-refractivity contribution >= 4 is 17.0 Å². The van der Waals surface area contributed by atoms with Crippen LogP contribution in [0.1, 0.15) is 65.5 Å². The van der Waals surface area contributed by atoms with Crippen molar-refractivity contribution in [3.63, 3.8) is 0 Å². The summed E-state index contributed by atoms with van der Waals surface area (Å²) >= 11 is 0. The SMILES string of the molecule is Cn1nccc1-c1ccc2c(c1)c(-c1cncc(O[C@H]3CN(C(=O)OC(C)(C)C)CCC34CC4)n1)nn2C1CCCCO1. The molecule has 0 N–H and O–H groups in total. The molecule has 1 saturated carbocycles. The number of piperidine rings is 1. The lowest BCUT2D eigenvalue weighted by Crippen LogP contribution is -2.51.